The van der Waals surface area contributed by atoms with Crippen molar-refractivity contribution in [2.45, 2.75) is 45.1 Å². The SMILES string of the molecule is O=C(CCCCCCCn1ccc2ccccc21)NO. The van der Waals surface area contributed by atoms with Crippen LogP contribution in [0.5, 0.6) is 0 Å². The Kier molecular flexibility index (Phi) is 5.62. The maximum Gasteiger partial charge on any atom is 0.243 e. The Labute approximate surface area is 119 Å². The van der Waals surface area contributed by atoms with Gasteiger partial charge in [0.1, 0.15) is 0 Å². The molecular formula is C16H22N2O2. The average Bonchev–Trinajstić information content (AvgIpc) is 2.89. The van der Waals surface area contributed by atoms with Crippen molar-refractivity contribution in [3.63, 3.8) is 0 Å². The molecule has 108 valence electrons. The third-order valence-corrected chi connectivity index (χ3v) is 3.61. The summed E-state index contributed by atoms with van der Waals surface area (Å²) in [4.78, 5) is 10.8. The number of nitrogens with one attached hydrogen (secondary N) is 1. The first-order chi connectivity index (χ1) is 9.81. The normalized spacial score (nSPS) is 10.8. The van der Waals surface area contributed by atoms with Crippen LogP contribution < -0.4 is 5.48 Å². The molecule has 1 aromatic heterocycles. The lowest BCUT2D eigenvalue weighted by molar-refractivity contribution is -0.129. The van der Waals surface area contributed by atoms with Crippen molar-refractivity contribution in [2.24, 2.45) is 0 Å². The Morgan fingerprint density at radius 1 is 1.05 bits per heavy atom. The molecule has 0 atom stereocenters. The number of fused-ring (bicyclic) bond motifs is 1. The minimum absolute atomic E-state index is 0.288. The van der Waals surface area contributed by atoms with Gasteiger partial charge in [-0.1, -0.05) is 37.5 Å². The highest BCUT2D eigenvalue weighted by Crippen LogP contribution is 2.16. The second-order valence-electron chi connectivity index (χ2n) is 5.12. The largest absolute Gasteiger partial charge is 0.347 e. The molecule has 2 rings (SSSR count). The highest BCUT2D eigenvalue weighted by Gasteiger charge is 2.00. The summed E-state index contributed by atoms with van der Waals surface area (Å²) in [6.07, 6.45) is 7.92. The number of nitrogens with zero attached hydrogens (tertiary/aromatic N) is 1. The minimum Gasteiger partial charge on any atom is -0.347 e. The third-order valence-electron chi connectivity index (χ3n) is 3.61. The van der Waals surface area contributed by atoms with E-state index in [1.807, 2.05) is 0 Å². The number of rotatable bonds is 8. The number of hydrogen-bond acceptors (Lipinski definition) is 2. The van der Waals surface area contributed by atoms with Gasteiger partial charge in [-0.2, -0.15) is 0 Å². The summed E-state index contributed by atoms with van der Waals surface area (Å²) in [7, 11) is 0. The average molecular weight is 274 g/mol. The molecule has 0 bridgehead atoms. The van der Waals surface area contributed by atoms with Crippen LogP contribution in [0.4, 0.5) is 0 Å². The zero-order chi connectivity index (χ0) is 14.2. The number of carbonyl (C=O) groups excluding carboxylic acids is 1. The van der Waals surface area contributed by atoms with Crippen LogP contribution in [-0.4, -0.2) is 15.7 Å². The van der Waals surface area contributed by atoms with Crippen molar-refractivity contribution in [3.8, 4) is 0 Å². The van der Waals surface area contributed by atoms with Gasteiger partial charge in [0, 0.05) is 24.7 Å². The zero-order valence-electron chi connectivity index (χ0n) is 11.7. The van der Waals surface area contributed by atoms with Crippen molar-refractivity contribution in [3.05, 3.63) is 36.5 Å². The monoisotopic (exact) mass is 274 g/mol. The summed E-state index contributed by atoms with van der Waals surface area (Å²) in [6, 6.07) is 10.6. The molecule has 0 radical (unpaired) electrons. The summed E-state index contributed by atoms with van der Waals surface area (Å²) in [6.45, 7) is 1.05. The van der Waals surface area contributed by atoms with Crippen LogP contribution in [0.25, 0.3) is 10.9 Å². The molecule has 0 aliphatic rings. The van der Waals surface area contributed by atoms with E-state index in [0.717, 1.165) is 32.2 Å². The molecule has 1 amide bonds. The number of para-hydroxylation sites is 1. The van der Waals surface area contributed by atoms with Crippen molar-refractivity contribution >= 4 is 16.8 Å². The van der Waals surface area contributed by atoms with E-state index in [4.69, 9.17) is 5.21 Å². The van der Waals surface area contributed by atoms with E-state index in [2.05, 4.69) is 41.1 Å². The molecular weight excluding hydrogens is 252 g/mol. The summed E-state index contributed by atoms with van der Waals surface area (Å²) in [5, 5.41) is 9.66. The molecule has 20 heavy (non-hydrogen) atoms. The smallest absolute Gasteiger partial charge is 0.243 e. The first-order valence-corrected chi connectivity index (χ1v) is 7.28. The van der Waals surface area contributed by atoms with Crippen LogP contribution >= 0.6 is 0 Å². The summed E-state index contributed by atoms with van der Waals surface area (Å²) in [5.41, 5.74) is 2.96. The molecule has 0 aliphatic heterocycles. The second kappa shape index (κ2) is 7.70. The van der Waals surface area contributed by atoms with Crippen molar-refractivity contribution < 1.29 is 10.0 Å². The van der Waals surface area contributed by atoms with E-state index >= 15 is 0 Å². The van der Waals surface area contributed by atoms with E-state index in [-0.39, 0.29) is 5.91 Å². The number of carbonyl (C=O) groups is 1. The maximum atomic E-state index is 10.8. The second-order valence-corrected chi connectivity index (χ2v) is 5.12. The zero-order valence-corrected chi connectivity index (χ0v) is 11.7. The molecule has 2 N–H and O–H groups in total. The standard InChI is InChI=1S/C16H22N2O2/c19-16(17-20)10-4-2-1-3-7-12-18-13-11-14-8-5-6-9-15(14)18/h5-6,8-9,11,13,20H,1-4,7,10,12H2,(H,17,19). The van der Waals surface area contributed by atoms with Crippen LogP contribution in [0.1, 0.15) is 38.5 Å². The van der Waals surface area contributed by atoms with Crippen LogP contribution in [0, 0.1) is 0 Å². The molecule has 1 aromatic carbocycles. The fourth-order valence-corrected chi connectivity index (χ4v) is 2.49. The fourth-order valence-electron chi connectivity index (χ4n) is 2.49. The number of hydrogen-bond donors (Lipinski definition) is 2. The Balaban J connectivity index is 1.63. The summed E-state index contributed by atoms with van der Waals surface area (Å²) in [5.74, 6) is -0.288. The van der Waals surface area contributed by atoms with E-state index in [0.29, 0.717) is 6.42 Å². The topological polar surface area (TPSA) is 54.3 Å². The van der Waals surface area contributed by atoms with Gasteiger partial charge in [0.2, 0.25) is 5.91 Å². The molecule has 0 fully saturated rings. The third kappa shape index (κ3) is 4.10. The lowest BCUT2D eigenvalue weighted by Gasteiger charge is -2.05. The van der Waals surface area contributed by atoms with Crippen molar-refractivity contribution in [1.29, 1.82) is 0 Å². The van der Waals surface area contributed by atoms with Gasteiger partial charge in [0.05, 0.1) is 0 Å². The van der Waals surface area contributed by atoms with Crippen LogP contribution in [0.15, 0.2) is 36.5 Å². The summed E-state index contributed by atoms with van der Waals surface area (Å²) < 4.78 is 2.30. The van der Waals surface area contributed by atoms with E-state index < -0.39 is 0 Å². The number of benzene rings is 1. The number of aryl methyl sites for hydroxylation is 1. The van der Waals surface area contributed by atoms with Crippen molar-refractivity contribution in [1.82, 2.24) is 10.0 Å². The van der Waals surface area contributed by atoms with Crippen molar-refractivity contribution in [2.75, 3.05) is 0 Å². The molecule has 0 saturated carbocycles. The minimum atomic E-state index is -0.288. The lowest BCUT2D eigenvalue weighted by atomic mass is 10.1. The van der Waals surface area contributed by atoms with Gasteiger partial charge in [-0.3, -0.25) is 10.0 Å². The van der Waals surface area contributed by atoms with Gasteiger partial charge >= 0.3 is 0 Å². The summed E-state index contributed by atoms with van der Waals surface area (Å²) >= 11 is 0. The first-order valence-electron chi connectivity index (χ1n) is 7.28. The van der Waals surface area contributed by atoms with Crippen LogP contribution in [-0.2, 0) is 11.3 Å². The first kappa shape index (κ1) is 14.6. The van der Waals surface area contributed by atoms with Gasteiger partial charge in [0.25, 0.3) is 0 Å². The van der Waals surface area contributed by atoms with E-state index in [9.17, 15) is 4.79 Å². The van der Waals surface area contributed by atoms with Gasteiger partial charge < -0.3 is 4.57 Å². The number of aromatic nitrogens is 1. The maximum absolute atomic E-state index is 10.8. The lowest BCUT2D eigenvalue weighted by Crippen LogP contribution is -2.17. The molecule has 4 heteroatoms. The van der Waals surface area contributed by atoms with Gasteiger partial charge in [-0.05, 0) is 30.4 Å². The molecule has 1 heterocycles. The van der Waals surface area contributed by atoms with E-state index in [1.165, 1.54) is 17.3 Å². The predicted octanol–water partition coefficient (Wildman–Crippen LogP) is 3.49. The van der Waals surface area contributed by atoms with Gasteiger partial charge in [-0.25, -0.2) is 5.48 Å². The fraction of sp³-hybridized carbons (Fsp3) is 0.438. The van der Waals surface area contributed by atoms with Crippen LogP contribution in [0.3, 0.4) is 0 Å². The van der Waals surface area contributed by atoms with Gasteiger partial charge in [0.15, 0.2) is 0 Å². The van der Waals surface area contributed by atoms with E-state index in [1.54, 1.807) is 5.48 Å². The Morgan fingerprint density at radius 3 is 2.65 bits per heavy atom. The molecule has 0 unspecified atom stereocenters. The molecule has 0 spiro atoms. The number of hydroxylamine groups is 1. The molecule has 4 nitrogen and oxygen atoms in total. The quantitative estimate of drug-likeness (QED) is 0.440. The molecule has 2 aromatic rings. The number of unbranched alkanes of at least 4 members (excludes halogenated alkanes) is 4. The molecule has 0 saturated heterocycles. The molecule has 0 aliphatic carbocycles. The van der Waals surface area contributed by atoms with Crippen LogP contribution in [0.2, 0.25) is 0 Å². The highest BCUT2D eigenvalue weighted by atomic mass is 16.5. The van der Waals surface area contributed by atoms with Gasteiger partial charge in [-0.15, -0.1) is 0 Å². The Morgan fingerprint density at radius 2 is 1.80 bits per heavy atom. The Bertz CT molecular complexity index is 548. The highest BCUT2D eigenvalue weighted by molar-refractivity contribution is 5.79. The Hall–Kier alpha value is -1.81. The predicted molar refractivity (Wildman–Crippen MR) is 79.6 cm³/mol. The number of amides is 1.